The number of aryl methyl sites for hydroxylation is 3. The second kappa shape index (κ2) is 3.68. The second-order valence-electron chi connectivity index (χ2n) is 4.70. The van der Waals surface area contributed by atoms with Crippen LogP contribution in [0, 0.1) is 6.92 Å². The lowest BCUT2D eigenvalue weighted by Crippen LogP contribution is -2.03. The topological polar surface area (TPSA) is 17.3 Å². The molecule has 0 aromatic carbocycles. The number of nitrogens with zero attached hydrogens (tertiary/aromatic N) is 2. The van der Waals surface area contributed by atoms with Gasteiger partial charge in [0.05, 0.1) is 11.4 Å². The summed E-state index contributed by atoms with van der Waals surface area (Å²) in [7, 11) is 0. The summed E-state index contributed by atoms with van der Waals surface area (Å²) < 4.78 is 3.37. The van der Waals surface area contributed by atoms with Gasteiger partial charge in [0.1, 0.15) is 5.65 Å². The summed E-state index contributed by atoms with van der Waals surface area (Å²) in [4.78, 5) is 6.29. The van der Waals surface area contributed by atoms with Gasteiger partial charge in [0.15, 0.2) is 0 Å². The zero-order valence-corrected chi connectivity index (χ0v) is 12.3. The predicted octanol–water partition coefficient (Wildman–Crippen LogP) is 4.23. The molecule has 3 aromatic heterocycles. The molecular weight excluding hydrogens is 308 g/mol. The number of thiophene rings is 1. The van der Waals surface area contributed by atoms with Gasteiger partial charge in [-0.3, -0.25) is 0 Å². The molecule has 1 aliphatic rings. The minimum Gasteiger partial charge on any atom is -0.302 e. The Morgan fingerprint density at radius 2 is 2.28 bits per heavy atom. The van der Waals surface area contributed by atoms with E-state index in [4.69, 9.17) is 4.98 Å². The summed E-state index contributed by atoms with van der Waals surface area (Å²) in [6, 6.07) is 4.35. The number of hydrogen-bond acceptors (Lipinski definition) is 2. The Labute approximate surface area is 117 Å². The van der Waals surface area contributed by atoms with Crippen LogP contribution in [0.5, 0.6) is 0 Å². The Kier molecular flexibility index (Phi) is 2.20. The molecule has 0 amide bonds. The van der Waals surface area contributed by atoms with Gasteiger partial charge in [0.2, 0.25) is 0 Å². The molecule has 4 heteroatoms. The Bertz CT molecular complexity index is 770. The van der Waals surface area contributed by atoms with Gasteiger partial charge in [-0.15, -0.1) is 11.3 Å². The van der Waals surface area contributed by atoms with E-state index in [9.17, 15) is 0 Å². The van der Waals surface area contributed by atoms with Crippen LogP contribution in [0.2, 0.25) is 0 Å². The summed E-state index contributed by atoms with van der Waals surface area (Å²) in [5.74, 6) is 0. The van der Waals surface area contributed by atoms with Crippen LogP contribution in [0.25, 0.3) is 16.9 Å². The third-order valence-corrected chi connectivity index (χ3v) is 5.40. The molecule has 0 saturated carbocycles. The standard InChI is InChI=1S/C14H11BrN2S/c1-8-6-13-16-14-9-4-5-18-12(9)3-2-11(14)17(13)7-10(8)15/h4-7H,2-3H2,1H3. The van der Waals surface area contributed by atoms with E-state index < -0.39 is 0 Å². The summed E-state index contributed by atoms with van der Waals surface area (Å²) >= 11 is 5.45. The normalized spacial score (nSPS) is 13.7. The first-order valence-corrected chi connectivity index (χ1v) is 7.65. The number of aromatic nitrogens is 2. The van der Waals surface area contributed by atoms with Crippen molar-refractivity contribution in [3.8, 4) is 11.3 Å². The van der Waals surface area contributed by atoms with Gasteiger partial charge >= 0.3 is 0 Å². The van der Waals surface area contributed by atoms with Crippen LogP contribution in [0.15, 0.2) is 28.2 Å². The SMILES string of the molecule is Cc1cc2nc3c(n2cc1Br)CCc1sccc1-3. The van der Waals surface area contributed by atoms with E-state index in [0.717, 1.165) is 23.0 Å². The van der Waals surface area contributed by atoms with Crippen molar-refractivity contribution in [2.24, 2.45) is 0 Å². The molecule has 0 saturated heterocycles. The van der Waals surface area contributed by atoms with E-state index in [1.807, 2.05) is 11.3 Å². The highest BCUT2D eigenvalue weighted by Gasteiger charge is 2.22. The Morgan fingerprint density at radius 1 is 1.39 bits per heavy atom. The Morgan fingerprint density at radius 3 is 3.17 bits per heavy atom. The fourth-order valence-electron chi connectivity index (χ4n) is 2.64. The lowest BCUT2D eigenvalue weighted by Gasteiger charge is -2.11. The molecular formula is C14H11BrN2S. The lowest BCUT2D eigenvalue weighted by molar-refractivity contribution is 0.893. The molecule has 0 atom stereocenters. The van der Waals surface area contributed by atoms with Gasteiger partial charge in [-0.1, -0.05) is 0 Å². The maximum absolute atomic E-state index is 4.82. The fraction of sp³-hybridized carbons (Fsp3) is 0.214. The third kappa shape index (κ3) is 1.36. The first-order chi connectivity index (χ1) is 8.74. The average molecular weight is 319 g/mol. The van der Waals surface area contributed by atoms with Crippen LogP contribution in [-0.4, -0.2) is 9.38 Å². The van der Waals surface area contributed by atoms with Crippen molar-refractivity contribution >= 4 is 32.9 Å². The maximum atomic E-state index is 4.82. The Hall–Kier alpha value is -1.13. The predicted molar refractivity (Wildman–Crippen MR) is 78.4 cm³/mol. The highest BCUT2D eigenvalue weighted by atomic mass is 79.9. The quantitative estimate of drug-likeness (QED) is 0.606. The van der Waals surface area contributed by atoms with E-state index in [2.05, 4.69) is 51.0 Å². The number of rotatable bonds is 0. The molecule has 4 rings (SSSR count). The molecule has 0 spiro atoms. The number of hydrogen-bond donors (Lipinski definition) is 0. The largest absolute Gasteiger partial charge is 0.302 e. The highest BCUT2D eigenvalue weighted by Crippen LogP contribution is 2.37. The number of halogens is 1. The van der Waals surface area contributed by atoms with Gasteiger partial charge in [-0.25, -0.2) is 4.98 Å². The number of pyridine rings is 1. The van der Waals surface area contributed by atoms with Crippen LogP contribution >= 0.6 is 27.3 Å². The average Bonchev–Trinajstić information content (AvgIpc) is 2.93. The molecule has 3 heterocycles. The first-order valence-electron chi connectivity index (χ1n) is 5.98. The van der Waals surface area contributed by atoms with Crippen molar-refractivity contribution in [1.82, 2.24) is 9.38 Å². The van der Waals surface area contributed by atoms with E-state index in [1.54, 1.807) is 0 Å². The van der Waals surface area contributed by atoms with Gasteiger partial charge in [0, 0.05) is 21.1 Å². The van der Waals surface area contributed by atoms with Crippen molar-refractivity contribution in [2.75, 3.05) is 0 Å². The van der Waals surface area contributed by atoms with Crippen LogP contribution in [-0.2, 0) is 12.8 Å². The molecule has 0 bridgehead atoms. The molecule has 0 fully saturated rings. The van der Waals surface area contributed by atoms with Crippen LogP contribution < -0.4 is 0 Å². The molecule has 0 radical (unpaired) electrons. The molecule has 2 nitrogen and oxygen atoms in total. The van der Waals surface area contributed by atoms with Crippen LogP contribution in [0.4, 0.5) is 0 Å². The van der Waals surface area contributed by atoms with E-state index in [-0.39, 0.29) is 0 Å². The highest BCUT2D eigenvalue weighted by molar-refractivity contribution is 9.10. The van der Waals surface area contributed by atoms with Crippen molar-refractivity contribution < 1.29 is 0 Å². The van der Waals surface area contributed by atoms with Gasteiger partial charge < -0.3 is 4.40 Å². The van der Waals surface area contributed by atoms with Crippen molar-refractivity contribution in [3.63, 3.8) is 0 Å². The van der Waals surface area contributed by atoms with Gasteiger partial charge in [0.25, 0.3) is 0 Å². The summed E-state index contributed by atoms with van der Waals surface area (Å²) in [6.45, 7) is 2.10. The molecule has 0 unspecified atom stereocenters. The first kappa shape index (κ1) is 10.8. The summed E-state index contributed by atoms with van der Waals surface area (Å²) in [6.07, 6.45) is 4.37. The van der Waals surface area contributed by atoms with E-state index >= 15 is 0 Å². The smallest absolute Gasteiger partial charge is 0.137 e. The summed E-state index contributed by atoms with van der Waals surface area (Å²) in [5.41, 5.74) is 6.14. The maximum Gasteiger partial charge on any atom is 0.137 e. The lowest BCUT2D eigenvalue weighted by atomic mass is 10.0. The zero-order valence-electron chi connectivity index (χ0n) is 9.90. The van der Waals surface area contributed by atoms with Crippen molar-refractivity contribution in [1.29, 1.82) is 0 Å². The minimum atomic E-state index is 1.06. The number of fused-ring (bicyclic) bond motifs is 5. The second-order valence-corrected chi connectivity index (χ2v) is 6.55. The van der Waals surface area contributed by atoms with Gasteiger partial charge in [-0.05, 0) is 58.8 Å². The molecule has 0 N–H and O–H groups in total. The number of imidazole rings is 1. The van der Waals surface area contributed by atoms with E-state index in [1.165, 1.54) is 27.4 Å². The van der Waals surface area contributed by atoms with Crippen molar-refractivity contribution in [2.45, 2.75) is 19.8 Å². The minimum absolute atomic E-state index is 1.06. The third-order valence-electron chi connectivity index (χ3n) is 3.59. The van der Waals surface area contributed by atoms with Gasteiger partial charge in [-0.2, -0.15) is 0 Å². The molecule has 3 aromatic rings. The summed E-state index contributed by atoms with van der Waals surface area (Å²) in [5, 5.41) is 2.17. The zero-order chi connectivity index (χ0) is 12.3. The Balaban J connectivity index is 2.09. The molecule has 0 aliphatic heterocycles. The van der Waals surface area contributed by atoms with E-state index in [0.29, 0.717) is 0 Å². The van der Waals surface area contributed by atoms with Crippen LogP contribution in [0.1, 0.15) is 16.1 Å². The molecule has 18 heavy (non-hydrogen) atoms. The molecule has 1 aliphatic carbocycles. The molecule has 90 valence electrons. The van der Waals surface area contributed by atoms with Crippen molar-refractivity contribution in [3.05, 3.63) is 44.3 Å². The fourth-order valence-corrected chi connectivity index (χ4v) is 3.84. The van der Waals surface area contributed by atoms with Crippen LogP contribution in [0.3, 0.4) is 0 Å². The monoisotopic (exact) mass is 318 g/mol.